The predicted octanol–water partition coefficient (Wildman–Crippen LogP) is 2.93. The molecule has 25 heavy (non-hydrogen) atoms. The second-order valence-electron chi connectivity index (χ2n) is 6.84. The lowest BCUT2D eigenvalue weighted by Gasteiger charge is -2.41. The highest BCUT2D eigenvalue weighted by molar-refractivity contribution is 5.74. The van der Waals surface area contributed by atoms with E-state index in [1.807, 2.05) is 23.1 Å². The van der Waals surface area contributed by atoms with Crippen molar-refractivity contribution >= 4 is 5.91 Å². The maximum absolute atomic E-state index is 12.1. The zero-order chi connectivity index (χ0) is 18.0. The largest absolute Gasteiger partial charge is 0.333 e. The normalized spacial score (nSPS) is 18.6. The van der Waals surface area contributed by atoms with E-state index in [1.54, 1.807) is 6.92 Å². The first-order valence-corrected chi connectivity index (χ1v) is 9.08. The van der Waals surface area contributed by atoms with Crippen LogP contribution in [0.3, 0.4) is 0 Å². The number of amides is 1. The molecule has 1 amide bonds. The van der Waals surface area contributed by atoms with Crippen LogP contribution in [0.25, 0.3) is 0 Å². The average molecular weight is 340 g/mol. The molecule has 1 aromatic heterocycles. The predicted molar refractivity (Wildman–Crippen MR) is 99.2 cm³/mol. The Morgan fingerprint density at radius 3 is 2.52 bits per heavy atom. The number of carbonyl (C=O) groups excluding carboxylic acids is 1. The molecular weight excluding hydrogens is 312 g/mol. The molecule has 0 spiro atoms. The number of nitrogens with zero attached hydrogens (tertiary/aromatic N) is 4. The van der Waals surface area contributed by atoms with Crippen molar-refractivity contribution < 1.29 is 4.79 Å². The Balaban J connectivity index is 1.81. The first-order chi connectivity index (χ1) is 12.0. The van der Waals surface area contributed by atoms with Gasteiger partial charge in [0.15, 0.2) is 0 Å². The van der Waals surface area contributed by atoms with Gasteiger partial charge in [-0.2, -0.15) is 5.10 Å². The number of benzene rings is 1. The van der Waals surface area contributed by atoms with Gasteiger partial charge in [0.1, 0.15) is 0 Å². The lowest BCUT2D eigenvalue weighted by atomic mass is 10.0. The Bertz CT molecular complexity index is 738. The molecular formula is C20H28N4O. The van der Waals surface area contributed by atoms with Crippen LogP contribution in [-0.2, 0) is 17.9 Å². The second-order valence-corrected chi connectivity index (χ2v) is 6.84. The SMILES string of the molecule is CCn1nc(C)c(CN2CCN(C(C)=O)C(c3ccccc3)C2)c1C. The second kappa shape index (κ2) is 7.40. The van der Waals surface area contributed by atoms with E-state index in [0.717, 1.165) is 38.4 Å². The summed E-state index contributed by atoms with van der Waals surface area (Å²) in [5, 5.41) is 4.64. The van der Waals surface area contributed by atoms with Crippen LogP contribution in [0, 0.1) is 13.8 Å². The fraction of sp³-hybridized carbons (Fsp3) is 0.500. The molecule has 1 saturated heterocycles. The number of piperazine rings is 1. The van der Waals surface area contributed by atoms with Crippen LogP contribution in [0.4, 0.5) is 0 Å². The number of carbonyl (C=O) groups is 1. The Hall–Kier alpha value is -2.14. The van der Waals surface area contributed by atoms with Crippen molar-refractivity contribution in [2.24, 2.45) is 0 Å². The highest BCUT2D eigenvalue weighted by atomic mass is 16.2. The third-order valence-electron chi connectivity index (χ3n) is 5.27. The van der Waals surface area contributed by atoms with E-state index in [-0.39, 0.29) is 11.9 Å². The molecule has 2 heterocycles. The van der Waals surface area contributed by atoms with Crippen molar-refractivity contribution in [2.45, 2.75) is 46.8 Å². The van der Waals surface area contributed by atoms with Crippen LogP contribution in [0.2, 0.25) is 0 Å². The number of rotatable bonds is 4. The Kier molecular flexibility index (Phi) is 5.23. The van der Waals surface area contributed by atoms with Gasteiger partial charge < -0.3 is 4.90 Å². The Labute approximate surface area is 150 Å². The van der Waals surface area contributed by atoms with Crippen LogP contribution >= 0.6 is 0 Å². The smallest absolute Gasteiger partial charge is 0.220 e. The van der Waals surface area contributed by atoms with Gasteiger partial charge in [-0.25, -0.2) is 0 Å². The molecule has 3 rings (SSSR count). The molecule has 134 valence electrons. The summed E-state index contributed by atoms with van der Waals surface area (Å²) >= 11 is 0. The summed E-state index contributed by atoms with van der Waals surface area (Å²) in [7, 11) is 0. The van der Waals surface area contributed by atoms with E-state index in [0.29, 0.717) is 0 Å². The van der Waals surface area contributed by atoms with E-state index < -0.39 is 0 Å². The van der Waals surface area contributed by atoms with E-state index >= 15 is 0 Å². The van der Waals surface area contributed by atoms with E-state index in [1.165, 1.54) is 16.8 Å². The summed E-state index contributed by atoms with van der Waals surface area (Å²) < 4.78 is 2.07. The molecule has 1 aliphatic heterocycles. The van der Waals surface area contributed by atoms with Crippen molar-refractivity contribution in [3.05, 3.63) is 52.8 Å². The zero-order valence-corrected chi connectivity index (χ0v) is 15.7. The minimum Gasteiger partial charge on any atom is -0.333 e. The first-order valence-electron chi connectivity index (χ1n) is 9.08. The third-order valence-corrected chi connectivity index (χ3v) is 5.27. The van der Waals surface area contributed by atoms with Crippen LogP contribution in [-0.4, -0.2) is 45.1 Å². The van der Waals surface area contributed by atoms with Gasteiger partial charge in [0.2, 0.25) is 5.91 Å². The van der Waals surface area contributed by atoms with Crippen molar-refractivity contribution in [3.63, 3.8) is 0 Å². The maximum atomic E-state index is 12.1. The minimum atomic E-state index is 0.120. The highest BCUT2D eigenvalue weighted by Gasteiger charge is 2.30. The zero-order valence-electron chi connectivity index (χ0n) is 15.7. The molecule has 0 saturated carbocycles. The average Bonchev–Trinajstić information content (AvgIpc) is 2.89. The molecule has 2 aromatic rings. The van der Waals surface area contributed by atoms with Gasteiger partial charge in [0.25, 0.3) is 0 Å². The van der Waals surface area contributed by atoms with Crippen LogP contribution < -0.4 is 0 Å². The van der Waals surface area contributed by atoms with Crippen molar-refractivity contribution in [3.8, 4) is 0 Å². The molecule has 1 fully saturated rings. The molecule has 0 bridgehead atoms. The maximum Gasteiger partial charge on any atom is 0.220 e. The molecule has 1 atom stereocenters. The molecule has 0 N–H and O–H groups in total. The molecule has 5 heteroatoms. The Morgan fingerprint density at radius 2 is 1.92 bits per heavy atom. The fourth-order valence-corrected chi connectivity index (χ4v) is 3.81. The van der Waals surface area contributed by atoms with Crippen LogP contribution in [0.1, 0.15) is 42.4 Å². The molecule has 5 nitrogen and oxygen atoms in total. The lowest BCUT2D eigenvalue weighted by Crippen LogP contribution is -2.49. The monoisotopic (exact) mass is 340 g/mol. The van der Waals surface area contributed by atoms with Gasteiger partial charge in [-0.3, -0.25) is 14.4 Å². The van der Waals surface area contributed by atoms with Gasteiger partial charge >= 0.3 is 0 Å². The number of hydrogen-bond donors (Lipinski definition) is 0. The van der Waals surface area contributed by atoms with Crippen molar-refractivity contribution in [2.75, 3.05) is 19.6 Å². The standard InChI is InChI=1S/C20H28N4O/c1-5-24-16(3)19(15(2)21-24)13-22-11-12-23(17(4)25)20(14-22)18-9-7-6-8-10-18/h6-10,20H,5,11-14H2,1-4H3. The fourth-order valence-electron chi connectivity index (χ4n) is 3.81. The van der Waals surface area contributed by atoms with Gasteiger partial charge in [-0.1, -0.05) is 30.3 Å². The molecule has 1 unspecified atom stereocenters. The summed E-state index contributed by atoms with van der Waals surface area (Å²) in [6.45, 7) is 12.4. The highest BCUT2D eigenvalue weighted by Crippen LogP contribution is 2.27. The molecule has 0 radical (unpaired) electrons. The first kappa shape index (κ1) is 17.7. The molecule has 1 aliphatic rings. The quantitative estimate of drug-likeness (QED) is 0.859. The number of aromatic nitrogens is 2. The van der Waals surface area contributed by atoms with Crippen molar-refractivity contribution in [1.29, 1.82) is 0 Å². The summed E-state index contributed by atoms with van der Waals surface area (Å²) in [5.74, 6) is 0.152. The van der Waals surface area contributed by atoms with E-state index in [9.17, 15) is 4.79 Å². The molecule has 0 aliphatic carbocycles. The van der Waals surface area contributed by atoms with Gasteiger partial charge in [-0.05, 0) is 26.3 Å². The number of aryl methyl sites for hydroxylation is 2. The van der Waals surface area contributed by atoms with E-state index in [4.69, 9.17) is 0 Å². The van der Waals surface area contributed by atoms with Gasteiger partial charge in [0.05, 0.1) is 11.7 Å². The van der Waals surface area contributed by atoms with Gasteiger partial charge in [0, 0.05) is 50.9 Å². The summed E-state index contributed by atoms with van der Waals surface area (Å²) in [4.78, 5) is 16.5. The van der Waals surface area contributed by atoms with Crippen LogP contribution in [0.5, 0.6) is 0 Å². The lowest BCUT2D eigenvalue weighted by molar-refractivity contribution is -0.134. The molecule has 1 aromatic carbocycles. The summed E-state index contributed by atoms with van der Waals surface area (Å²) in [5.41, 5.74) is 4.90. The third kappa shape index (κ3) is 3.61. The number of hydrogen-bond acceptors (Lipinski definition) is 3. The summed E-state index contributed by atoms with van der Waals surface area (Å²) in [6.07, 6.45) is 0. The van der Waals surface area contributed by atoms with Gasteiger partial charge in [-0.15, -0.1) is 0 Å². The Morgan fingerprint density at radius 1 is 1.20 bits per heavy atom. The van der Waals surface area contributed by atoms with E-state index in [2.05, 4.69) is 47.6 Å². The minimum absolute atomic E-state index is 0.120. The topological polar surface area (TPSA) is 41.4 Å². The summed E-state index contributed by atoms with van der Waals surface area (Å²) in [6, 6.07) is 10.5. The van der Waals surface area contributed by atoms with Crippen LogP contribution in [0.15, 0.2) is 30.3 Å². The van der Waals surface area contributed by atoms with Crippen molar-refractivity contribution in [1.82, 2.24) is 19.6 Å².